The van der Waals surface area contributed by atoms with Gasteiger partial charge in [0.1, 0.15) is 5.82 Å². The Bertz CT molecular complexity index is 453. The van der Waals surface area contributed by atoms with E-state index in [1.54, 1.807) is 12.1 Å². The second-order valence-corrected chi connectivity index (χ2v) is 3.71. The fourth-order valence-corrected chi connectivity index (χ4v) is 1.36. The lowest BCUT2D eigenvalue weighted by atomic mass is 10.1. The topological polar surface area (TPSA) is 37.3 Å². The summed E-state index contributed by atoms with van der Waals surface area (Å²) in [6.45, 7) is 0. The molecule has 0 saturated carbocycles. The zero-order valence-electron chi connectivity index (χ0n) is 9.07. The number of benzene rings is 1. The molecule has 17 heavy (non-hydrogen) atoms. The van der Waals surface area contributed by atoms with Gasteiger partial charge in [0, 0.05) is 17.5 Å². The maximum atomic E-state index is 13.3. The van der Waals surface area contributed by atoms with Gasteiger partial charge >= 0.3 is 5.97 Å². The quantitative estimate of drug-likeness (QED) is 0.644. The lowest BCUT2D eigenvalue weighted by Gasteiger charge is -1.99. The molecular weight excluding hydrogens is 243 g/mol. The minimum absolute atomic E-state index is 0.250. The number of aliphatic carboxylic acids is 1. The van der Waals surface area contributed by atoms with Gasteiger partial charge in [-0.1, -0.05) is 18.2 Å². The number of carboxylic acid groups (broad SMARTS) is 1. The van der Waals surface area contributed by atoms with E-state index in [9.17, 15) is 9.18 Å². The van der Waals surface area contributed by atoms with Crippen LogP contribution < -0.4 is 0 Å². The Morgan fingerprint density at radius 3 is 2.82 bits per heavy atom. The predicted molar refractivity (Wildman–Crippen MR) is 67.4 cm³/mol. The van der Waals surface area contributed by atoms with E-state index in [1.807, 2.05) is 12.2 Å². The summed E-state index contributed by atoms with van der Waals surface area (Å²) < 4.78 is 13.3. The molecule has 2 nitrogen and oxygen atoms in total. The van der Waals surface area contributed by atoms with Crippen LogP contribution in [0.25, 0.3) is 12.2 Å². The second-order valence-electron chi connectivity index (χ2n) is 3.33. The molecule has 0 spiro atoms. The zero-order valence-corrected chi connectivity index (χ0v) is 9.82. The Hall–Kier alpha value is -1.61. The molecule has 0 aliphatic rings. The van der Waals surface area contributed by atoms with E-state index in [-0.39, 0.29) is 5.56 Å². The average molecular weight is 255 g/mol. The minimum Gasteiger partial charge on any atom is -0.478 e. The van der Waals surface area contributed by atoms with Crippen molar-refractivity contribution in [3.63, 3.8) is 0 Å². The van der Waals surface area contributed by atoms with Crippen molar-refractivity contribution in [2.24, 2.45) is 0 Å². The third-order valence-corrected chi connectivity index (χ3v) is 2.23. The number of hydrogen-bond donors (Lipinski definition) is 1. The van der Waals surface area contributed by atoms with Gasteiger partial charge in [0.15, 0.2) is 0 Å². The monoisotopic (exact) mass is 254 g/mol. The standard InChI is InChI=1S/C13H12ClFO2/c14-8-2-1-3-10-4-6-12(15)11(9-10)5-7-13(16)17/h1,3-7,9H,2,8H2,(H,16,17)/b3-1?,7-5+. The molecule has 0 aliphatic carbocycles. The van der Waals surface area contributed by atoms with Crippen LogP contribution in [-0.2, 0) is 4.79 Å². The van der Waals surface area contributed by atoms with Gasteiger partial charge in [-0.2, -0.15) is 0 Å². The summed E-state index contributed by atoms with van der Waals surface area (Å²) in [7, 11) is 0. The molecule has 0 saturated heterocycles. The summed E-state index contributed by atoms with van der Waals surface area (Å²) in [5.41, 5.74) is 1.06. The molecule has 1 aromatic carbocycles. The summed E-state index contributed by atoms with van der Waals surface area (Å²) in [5.74, 6) is -1.02. The number of hydrogen-bond acceptors (Lipinski definition) is 1. The zero-order chi connectivity index (χ0) is 12.7. The molecule has 90 valence electrons. The smallest absolute Gasteiger partial charge is 0.328 e. The van der Waals surface area contributed by atoms with Crippen LogP contribution in [0.2, 0.25) is 0 Å². The van der Waals surface area contributed by atoms with E-state index in [2.05, 4.69) is 0 Å². The van der Waals surface area contributed by atoms with Crippen molar-refractivity contribution in [3.05, 3.63) is 47.3 Å². The summed E-state index contributed by atoms with van der Waals surface area (Å²) in [5, 5.41) is 8.47. The number of alkyl halides is 1. The van der Waals surface area contributed by atoms with Crippen molar-refractivity contribution in [1.82, 2.24) is 0 Å². The minimum atomic E-state index is -1.10. The van der Waals surface area contributed by atoms with E-state index in [4.69, 9.17) is 16.7 Å². The van der Waals surface area contributed by atoms with Crippen LogP contribution in [0.5, 0.6) is 0 Å². The van der Waals surface area contributed by atoms with Gasteiger partial charge in [-0.3, -0.25) is 0 Å². The lowest BCUT2D eigenvalue weighted by Crippen LogP contribution is -1.88. The molecule has 1 rings (SSSR count). The molecule has 0 unspecified atom stereocenters. The Morgan fingerprint density at radius 2 is 2.18 bits per heavy atom. The first kappa shape index (κ1) is 13.5. The highest BCUT2D eigenvalue weighted by Gasteiger charge is 1.99. The maximum absolute atomic E-state index is 13.3. The van der Waals surface area contributed by atoms with E-state index in [0.717, 1.165) is 18.1 Å². The van der Waals surface area contributed by atoms with Crippen LogP contribution in [0.4, 0.5) is 4.39 Å². The highest BCUT2D eigenvalue weighted by molar-refractivity contribution is 6.17. The van der Waals surface area contributed by atoms with Crippen LogP contribution in [0.1, 0.15) is 17.5 Å². The number of halogens is 2. The molecule has 0 radical (unpaired) electrons. The van der Waals surface area contributed by atoms with Gasteiger partial charge in [-0.05, 0) is 30.2 Å². The summed E-state index contributed by atoms with van der Waals surface area (Å²) in [6.07, 6.45) is 6.57. The molecular formula is C13H12ClFO2. The molecule has 1 N–H and O–H groups in total. The predicted octanol–water partition coefficient (Wildman–Crippen LogP) is 3.57. The van der Waals surface area contributed by atoms with Gasteiger partial charge in [0.25, 0.3) is 0 Å². The summed E-state index contributed by atoms with van der Waals surface area (Å²) >= 11 is 5.52. The normalized spacial score (nSPS) is 11.4. The van der Waals surface area contributed by atoms with Crippen LogP contribution in [0, 0.1) is 5.82 Å². The van der Waals surface area contributed by atoms with Crippen molar-refractivity contribution in [2.75, 3.05) is 5.88 Å². The van der Waals surface area contributed by atoms with Crippen molar-refractivity contribution < 1.29 is 14.3 Å². The SMILES string of the molecule is O=C(O)/C=C/c1cc(C=CCCCl)ccc1F. The highest BCUT2D eigenvalue weighted by atomic mass is 35.5. The summed E-state index contributed by atoms with van der Waals surface area (Å²) in [4.78, 5) is 10.3. The Kier molecular flexibility index (Phi) is 5.43. The molecule has 0 fully saturated rings. The Morgan fingerprint density at radius 1 is 1.41 bits per heavy atom. The van der Waals surface area contributed by atoms with Gasteiger partial charge in [0.2, 0.25) is 0 Å². The number of carbonyl (C=O) groups is 1. The van der Waals surface area contributed by atoms with E-state index >= 15 is 0 Å². The van der Waals surface area contributed by atoms with Gasteiger partial charge < -0.3 is 5.11 Å². The molecule has 0 heterocycles. The first-order valence-corrected chi connectivity index (χ1v) is 5.60. The van der Waals surface area contributed by atoms with E-state index in [1.165, 1.54) is 12.1 Å². The Labute approximate surface area is 104 Å². The molecule has 0 aromatic heterocycles. The third-order valence-electron chi connectivity index (χ3n) is 2.01. The summed E-state index contributed by atoms with van der Waals surface area (Å²) in [6, 6.07) is 4.51. The lowest BCUT2D eigenvalue weighted by molar-refractivity contribution is -0.131. The fourth-order valence-electron chi connectivity index (χ4n) is 1.24. The van der Waals surface area contributed by atoms with Crippen LogP contribution in [-0.4, -0.2) is 17.0 Å². The van der Waals surface area contributed by atoms with Gasteiger partial charge in [-0.25, -0.2) is 9.18 Å². The number of carboxylic acids is 1. The van der Waals surface area contributed by atoms with Crippen LogP contribution >= 0.6 is 11.6 Å². The molecule has 0 bridgehead atoms. The van der Waals surface area contributed by atoms with Crippen molar-refractivity contribution in [2.45, 2.75) is 6.42 Å². The number of allylic oxidation sites excluding steroid dienone is 1. The first-order chi connectivity index (χ1) is 8.13. The van der Waals surface area contributed by atoms with Crippen molar-refractivity contribution in [3.8, 4) is 0 Å². The molecule has 0 aliphatic heterocycles. The van der Waals surface area contributed by atoms with Crippen molar-refractivity contribution >= 4 is 29.7 Å². The second kappa shape index (κ2) is 6.86. The molecule has 0 atom stereocenters. The number of rotatable bonds is 5. The molecule has 1 aromatic rings. The van der Waals surface area contributed by atoms with Gasteiger partial charge in [-0.15, -0.1) is 11.6 Å². The van der Waals surface area contributed by atoms with Crippen LogP contribution in [0.3, 0.4) is 0 Å². The fraction of sp³-hybridized carbons (Fsp3) is 0.154. The van der Waals surface area contributed by atoms with E-state index < -0.39 is 11.8 Å². The largest absolute Gasteiger partial charge is 0.478 e. The first-order valence-electron chi connectivity index (χ1n) is 5.06. The highest BCUT2D eigenvalue weighted by Crippen LogP contribution is 2.14. The third kappa shape index (κ3) is 4.83. The molecule has 4 heteroatoms. The average Bonchev–Trinajstić information content (AvgIpc) is 2.29. The molecule has 0 amide bonds. The van der Waals surface area contributed by atoms with Crippen LogP contribution in [0.15, 0.2) is 30.4 Å². The maximum Gasteiger partial charge on any atom is 0.328 e. The van der Waals surface area contributed by atoms with Crippen molar-refractivity contribution in [1.29, 1.82) is 0 Å². The van der Waals surface area contributed by atoms with Gasteiger partial charge in [0.05, 0.1) is 0 Å². The Balaban J connectivity index is 2.90. The van der Waals surface area contributed by atoms with E-state index in [0.29, 0.717) is 5.88 Å².